The molecule has 0 saturated carbocycles. The lowest BCUT2D eigenvalue weighted by molar-refractivity contribution is -0.385. The second-order valence-electron chi connectivity index (χ2n) is 7.44. The van der Waals surface area contributed by atoms with Gasteiger partial charge in [0.05, 0.1) is 15.4 Å². The Kier molecular flexibility index (Phi) is 4.92. The largest absolute Gasteiger partial charge is 0.294 e. The molecule has 34 heavy (non-hydrogen) atoms. The Labute approximate surface area is 199 Å². The number of anilines is 1. The molecule has 170 valence electrons. The zero-order valence-electron chi connectivity index (χ0n) is 16.8. The minimum absolute atomic E-state index is 0.0448. The van der Waals surface area contributed by atoms with Gasteiger partial charge in [-0.05, 0) is 29.6 Å². The van der Waals surface area contributed by atoms with Gasteiger partial charge in [-0.15, -0.1) is 11.3 Å². The van der Waals surface area contributed by atoms with E-state index in [2.05, 4.69) is 0 Å². The van der Waals surface area contributed by atoms with Crippen molar-refractivity contribution in [3.05, 3.63) is 95.2 Å². The Morgan fingerprint density at radius 2 is 1.59 bits per heavy atom. The predicted molar refractivity (Wildman–Crippen MR) is 120 cm³/mol. The van der Waals surface area contributed by atoms with Gasteiger partial charge in [-0.2, -0.15) is 0 Å². The number of fused-ring (bicyclic) bond motifs is 1. The molecule has 3 aromatic rings. The Balaban J connectivity index is 1.62. The van der Waals surface area contributed by atoms with Gasteiger partial charge in [0, 0.05) is 22.0 Å². The molecule has 2 aromatic carbocycles. The highest BCUT2D eigenvalue weighted by Crippen LogP contribution is 2.48. The molecule has 11 nitrogen and oxygen atoms in total. The van der Waals surface area contributed by atoms with Crippen LogP contribution < -0.4 is 4.90 Å². The molecule has 2 atom stereocenters. The van der Waals surface area contributed by atoms with E-state index in [0.717, 1.165) is 17.0 Å². The number of halogens is 1. The maximum Gasteiger partial charge on any atom is 0.294 e. The summed E-state index contributed by atoms with van der Waals surface area (Å²) in [6.45, 7) is 0. The third-order valence-corrected chi connectivity index (χ3v) is 6.87. The fourth-order valence-corrected chi connectivity index (χ4v) is 5.28. The molecule has 0 bridgehead atoms. The van der Waals surface area contributed by atoms with Crippen LogP contribution >= 0.6 is 22.9 Å². The van der Waals surface area contributed by atoms with Gasteiger partial charge in [0.1, 0.15) is 23.3 Å². The maximum absolute atomic E-state index is 13.4. The predicted octanol–water partition coefficient (Wildman–Crippen LogP) is 3.97. The van der Waals surface area contributed by atoms with Crippen LogP contribution in [0.3, 0.4) is 0 Å². The molecule has 0 aliphatic carbocycles. The summed E-state index contributed by atoms with van der Waals surface area (Å²) in [6.07, 6.45) is 0. The van der Waals surface area contributed by atoms with Crippen LogP contribution in [-0.4, -0.2) is 38.5 Å². The zero-order chi connectivity index (χ0) is 24.3. The summed E-state index contributed by atoms with van der Waals surface area (Å²) in [5.41, 5.74) is -1.56. The fraction of sp³-hybridized carbons (Fsp3) is 0.0952. The molecule has 2 aliphatic heterocycles. The molecule has 1 fully saturated rings. The minimum Gasteiger partial charge on any atom is -0.293 e. The maximum atomic E-state index is 13.4. The molecule has 3 heterocycles. The van der Waals surface area contributed by atoms with Crippen LogP contribution in [0.1, 0.15) is 31.6 Å². The number of β-lactam (4-membered cyclic amide) rings is 1. The molecule has 0 radical (unpaired) electrons. The lowest BCUT2D eigenvalue weighted by Crippen LogP contribution is -2.67. The quantitative estimate of drug-likeness (QED) is 0.224. The Bertz CT molecular complexity index is 1420. The number of rotatable bonds is 5. The van der Waals surface area contributed by atoms with Crippen LogP contribution in [0.2, 0.25) is 5.02 Å². The van der Waals surface area contributed by atoms with Crippen LogP contribution in [-0.2, 0) is 4.79 Å². The molecule has 1 saturated heterocycles. The first-order valence-electron chi connectivity index (χ1n) is 9.68. The number of thiophene rings is 1. The first kappa shape index (κ1) is 21.7. The lowest BCUT2D eigenvalue weighted by Gasteiger charge is -2.48. The number of carbonyl (C=O) groups excluding carboxylic acids is 3. The first-order chi connectivity index (χ1) is 16.2. The van der Waals surface area contributed by atoms with Crippen molar-refractivity contribution in [1.82, 2.24) is 4.90 Å². The second-order valence-corrected chi connectivity index (χ2v) is 8.86. The average molecular weight is 499 g/mol. The molecule has 0 N–H and O–H groups in total. The summed E-state index contributed by atoms with van der Waals surface area (Å²) in [7, 11) is 0. The van der Waals surface area contributed by atoms with Crippen molar-refractivity contribution >= 4 is 57.7 Å². The van der Waals surface area contributed by atoms with E-state index in [4.69, 9.17) is 11.6 Å². The molecule has 3 amide bonds. The van der Waals surface area contributed by atoms with Gasteiger partial charge in [-0.25, -0.2) is 0 Å². The summed E-state index contributed by atoms with van der Waals surface area (Å²) in [5.74, 6) is -2.53. The molecule has 13 heteroatoms. The van der Waals surface area contributed by atoms with Gasteiger partial charge in [0.25, 0.3) is 29.1 Å². The van der Waals surface area contributed by atoms with Crippen molar-refractivity contribution in [3.8, 4) is 0 Å². The van der Waals surface area contributed by atoms with Gasteiger partial charge in [-0.1, -0.05) is 23.7 Å². The van der Waals surface area contributed by atoms with Crippen molar-refractivity contribution in [2.24, 2.45) is 0 Å². The SMILES string of the molecule is O=C1c2cccc([N+](=O)[O-])c2C(=O)N1C1C(=O)N(c2ccc(Cl)cc2[N+](=O)[O-])C1c1cccs1. The third kappa shape index (κ3) is 2.99. The Hall–Kier alpha value is -4.16. The van der Waals surface area contributed by atoms with Crippen molar-refractivity contribution < 1.29 is 24.2 Å². The van der Waals surface area contributed by atoms with E-state index in [-0.39, 0.29) is 21.8 Å². The fourth-order valence-electron chi connectivity index (χ4n) is 4.27. The number of carbonyl (C=O) groups is 3. The highest BCUT2D eigenvalue weighted by Gasteiger charge is 2.59. The highest BCUT2D eigenvalue weighted by atomic mass is 35.5. The standard InChI is InChI=1S/C21H11ClN4O7S/c22-10-6-7-12(14(9-10)26(32)33)23-17(15-5-2-8-34-15)18(21(23)29)24-19(27)11-3-1-4-13(25(30)31)16(11)20(24)28/h1-9,17-18H. The summed E-state index contributed by atoms with van der Waals surface area (Å²) >= 11 is 7.14. The number of nitro benzene ring substituents is 2. The third-order valence-electron chi connectivity index (χ3n) is 5.70. The monoisotopic (exact) mass is 498 g/mol. The highest BCUT2D eigenvalue weighted by molar-refractivity contribution is 7.10. The number of nitrogens with zero attached hydrogens (tertiary/aromatic N) is 4. The van der Waals surface area contributed by atoms with E-state index >= 15 is 0 Å². The summed E-state index contributed by atoms with van der Waals surface area (Å²) in [6, 6.07) is 8.61. The van der Waals surface area contributed by atoms with Crippen molar-refractivity contribution in [1.29, 1.82) is 0 Å². The van der Waals surface area contributed by atoms with E-state index < -0.39 is 51.0 Å². The van der Waals surface area contributed by atoms with Gasteiger partial charge in [-0.3, -0.25) is 44.4 Å². The number of benzene rings is 2. The molecule has 2 aliphatic rings. The molecule has 5 rings (SSSR count). The van der Waals surface area contributed by atoms with Crippen LogP contribution in [0, 0.1) is 20.2 Å². The zero-order valence-corrected chi connectivity index (χ0v) is 18.4. The van der Waals surface area contributed by atoms with Gasteiger partial charge in [0.2, 0.25) is 0 Å². The molecule has 2 unspecified atom stereocenters. The van der Waals surface area contributed by atoms with Crippen molar-refractivity contribution in [3.63, 3.8) is 0 Å². The normalized spacial score (nSPS) is 19.3. The van der Waals surface area contributed by atoms with E-state index in [1.54, 1.807) is 17.5 Å². The first-order valence-corrected chi connectivity index (χ1v) is 10.9. The average Bonchev–Trinajstić information content (AvgIpc) is 3.41. The van der Waals surface area contributed by atoms with Crippen LogP contribution in [0.4, 0.5) is 17.1 Å². The van der Waals surface area contributed by atoms with Crippen molar-refractivity contribution in [2.75, 3.05) is 4.90 Å². The minimum atomic E-state index is -1.33. The molecular weight excluding hydrogens is 488 g/mol. The van der Waals surface area contributed by atoms with Crippen LogP contribution in [0.15, 0.2) is 53.9 Å². The molecular formula is C21H11ClN4O7S. The van der Waals surface area contributed by atoms with E-state index in [1.165, 1.54) is 35.6 Å². The van der Waals surface area contributed by atoms with Gasteiger partial charge >= 0.3 is 0 Å². The van der Waals surface area contributed by atoms with Crippen molar-refractivity contribution in [2.45, 2.75) is 12.1 Å². The van der Waals surface area contributed by atoms with Gasteiger partial charge < -0.3 is 0 Å². The summed E-state index contributed by atoms with van der Waals surface area (Å²) in [4.78, 5) is 63.7. The smallest absolute Gasteiger partial charge is 0.293 e. The number of nitro groups is 2. The number of hydrogen-bond donors (Lipinski definition) is 0. The van der Waals surface area contributed by atoms with Gasteiger partial charge in [0.15, 0.2) is 0 Å². The summed E-state index contributed by atoms with van der Waals surface area (Å²) < 4.78 is 0. The second kappa shape index (κ2) is 7.71. The molecule has 0 spiro atoms. The van der Waals surface area contributed by atoms with Crippen LogP contribution in [0.25, 0.3) is 0 Å². The van der Waals surface area contributed by atoms with Crippen LogP contribution in [0.5, 0.6) is 0 Å². The van der Waals surface area contributed by atoms with E-state index in [1.807, 2.05) is 0 Å². The lowest BCUT2D eigenvalue weighted by atomic mass is 9.90. The Morgan fingerprint density at radius 1 is 0.853 bits per heavy atom. The molecule has 1 aromatic heterocycles. The topological polar surface area (TPSA) is 144 Å². The summed E-state index contributed by atoms with van der Waals surface area (Å²) in [5, 5.41) is 24.9. The van der Waals surface area contributed by atoms with E-state index in [0.29, 0.717) is 9.78 Å². The number of imide groups is 1. The Morgan fingerprint density at radius 3 is 2.24 bits per heavy atom. The number of hydrogen-bond acceptors (Lipinski definition) is 8. The number of amides is 3. The van der Waals surface area contributed by atoms with E-state index in [9.17, 15) is 34.6 Å².